The number of aliphatic hydroxyl groups is 3. The van der Waals surface area contributed by atoms with E-state index in [1.807, 2.05) is 0 Å². The summed E-state index contributed by atoms with van der Waals surface area (Å²) in [5, 5.41) is 29.2. The van der Waals surface area contributed by atoms with Crippen LogP contribution in [0.3, 0.4) is 0 Å². The average Bonchev–Trinajstić information content (AvgIpc) is 1.99. The fourth-order valence-corrected chi connectivity index (χ4v) is 0.618. The minimum absolute atomic E-state index is 0.147. The Morgan fingerprint density at radius 2 is 2.00 bits per heavy atom. The maximum absolute atomic E-state index is 9.25. The number of nitrogens with one attached hydrogen (secondary N) is 1. The largest absolute Gasteiger partial charge is 0.396 e. The maximum atomic E-state index is 9.25. The SMILES string of the molecule is CC(O)(CO)CNCCCO. The smallest absolute Gasteiger partial charge is 0.0972 e. The predicted octanol–water partition coefficient (Wildman–Crippen LogP) is -1.30. The Balaban J connectivity index is 3.23. The van der Waals surface area contributed by atoms with Gasteiger partial charge in [-0.3, -0.25) is 0 Å². The fraction of sp³-hybridized carbons (Fsp3) is 1.00. The lowest BCUT2D eigenvalue weighted by Gasteiger charge is -2.20. The van der Waals surface area contributed by atoms with Gasteiger partial charge in [0, 0.05) is 13.2 Å². The Bertz CT molecular complexity index is 95.7. The van der Waals surface area contributed by atoms with Gasteiger partial charge in [0.05, 0.1) is 12.2 Å². The molecule has 0 fully saturated rings. The molecule has 4 nitrogen and oxygen atoms in total. The summed E-state index contributed by atoms with van der Waals surface area (Å²) in [5.74, 6) is 0. The molecule has 0 aliphatic heterocycles. The van der Waals surface area contributed by atoms with Crippen molar-refractivity contribution in [2.75, 3.05) is 26.3 Å². The van der Waals surface area contributed by atoms with Crippen LogP contribution in [0, 0.1) is 0 Å². The minimum Gasteiger partial charge on any atom is -0.396 e. The van der Waals surface area contributed by atoms with Crippen LogP contribution >= 0.6 is 0 Å². The zero-order valence-corrected chi connectivity index (χ0v) is 6.88. The summed E-state index contributed by atoms with van der Waals surface area (Å²) in [6, 6.07) is 0. The second-order valence-electron chi connectivity index (χ2n) is 2.91. The van der Waals surface area contributed by atoms with Crippen molar-refractivity contribution in [3.05, 3.63) is 0 Å². The molecule has 68 valence electrons. The molecule has 0 radical (unpaired) electrons. The molecule has 0 bridgehead atoms. The van der Waals surface area contributed by atoms with Gasteiger partial charge in [-0.2, -0.15) is 0 Å². The topological polar surface area (TPSA) is 72.7 Å². The van der Waals surface area contributed by atoms with E-state index < -0.39 is 5.60 Å². The van der Waals surface area contributed by atoms with Crippen LogP contribution in [0.4, 0.5) is 0 Å². The van der Waals surface area contributed by atoms with E-state index in [0.717, 1.165) is 0 Å². The highest BCUT2D eigenvalue weighted by atomic mass is 16.3. The summed E-state index contributed by atoms with van der Waals surface area (Å²) in [5.41, 5.74) is -1.05. The summed E-state index contributed by atoms with van der Waals surface area (Å²) >= 11 is 0. The van der Waals surface area contributed by atoms with Crippen LogP contribution in [0.1, 0.15) is 13.3 Å². The van der Waals surface area contributed by atoms with E-state index in [1.165, 1.54) is 0 Å². The molecule has 0 heterocycles. The first kappa shape index (κ1) is 10.8. The lowest BCUT2D eigenvalue weighted by Crippen LogP contribution is -2.41. The molecule has 0 aliphatic rings. The molecule has 0 saturated carbocycles. The van der Waals surface area contributed by atoms with Crippen molar-refractivity contribution in [2.45, 2.75) is 18.9 Å². The van der Waals surface area contributed by atoms with Gasteiger partial charge in [-0.25, -0.2) is 0 Å². The molecule has 0 aliphatic carbocycles. The van der Waals surface area contributed by atoms with Gasteiger partial charge in [0.2, 0.25) is 0 Å². The monoisotopic (exact) mass is 163 g/mol. The van der Waals surface area contributed by atoms with Crippen LogP contribution in [-0.2, 0) is 0 Å². The van der Waals surface area contributed by atoms with Gasteiger partial charge in [-0.1, -0.05) is 0 Å². The van der Waals surface area contributed by atoms with Gasteiger partial charge < -0.3 is 20.6 Å². The average molecular weight is 163 g/mol. The maximum Gasteiger partial charge on any atom is 0.0972 e. The van der Waals surface area contributed by atoms with Gasteiger partial charge >= 0.3 is 0 Å². The molecule has 1 unspecified atom stereocenters. The Hall–Kier alpha value is -0.160. The Kier molecular flexibility index (Phi) is 5.41. The second-order valence-corrected chi connectivity index (χ2v) is 2.91. The predicted molar refractivity (Wildman–Crippen MR) is 42.3 cm³/mol. The van der Waals surface area contributed by atoms with Gasteiger partial charge in [-0.15, -0.1) is 0 Å². The van der Waals surface area contributed by atoms with E-state index >= 15 is 0 Å². The number of aliphatic hydroxyl groups excluding tert-OH is 2. The second kappa shape index (κ2) is 5.49. The van der Waals surface area contributed by atoms with E-state index in [9.17, 15) is 5.11 Å². The molecule has 0 aromatic carbocycles. The highest BCUT2D eigenvalue weighted by molar-refractivity contribution is 4.73. The first-order valence-corrected chi connectivity index (χ1v) is 3.77. The molecule has 0 spiro atoms. The van der Waals surface area contributed by atoms with Crippen LogP contribution in [-0.4, -0.2) is 47.2 Å². The Morgan fingerprint density at radius 1 is 1.36 bits per heavy atom. The van der Waals surface area contributed by atoms with Gasteiger partial charge in [0.15, 0.2) is 0 Å². The van der Waals surface area contributed by atoms with E-state index in [4.69, 9.17) is 10.2 Å². The third-order valence-corrected chi connectivity index (χ3v) is 1.36. The molecule has 11 heavy (non-hydrogen) atoms. The first-order valence-electron chi connectivity index (χ1n) is 3.77. The molecular weight excluding hydrogens is 146 g/mol. The number of hydrogen-bond donors (Lipinski definition) is 4. The molecule has 0 rings (SSSR count). The van der Waals surface area contributed by atoms with Gasteiger partial charge in [0.1, 0.15) is 0 Å². The van der Waals surface area contributed by atoms with Crippen molar-refractivity contribution in [1.29, 1.82) is 0 Å². The third-order valence-electron chi connectivity index (χ3n) is 1.36. The van der Waals surface area contributed by atoms with Crippen molar-refractivity contribution in [3.8, 4) is 0 Å². The molecule has 4 N–H and O–H groups in total. The van der Waals surface area contributed by atoms with Crippen molar-refractivity contribution in [3.63, 3.8) is 0 Å². The lowest BCUT2D eigenvalue weighted by molar-refractivity contribution is 0.00270. The molecule has 4 heteroatoms. The zero-order valence-electron chi connectivity index (χ0n) is 6.88. The fourth-order valence-electron chi connectivity index (χ4n) is 0.618. The quantitative estimate of drug-likeness (QED) is 0.367. The number of rotatable bonds is 6. The van der Waals surface area contributed by atoms with Crippen molar-refractivity contribution >= 4 is 0 Å². The molecular formula is C7H17NO3. The zero-order chi connectivity index (χ0) is 8.74. The molecule has 0 saturated heterocycles. The first-order chi connectivity index (χ1) is 5.12. The third kappa shape index (κ3) is 6.25. The molecule has 0 amide bonds. The van der Waals surface area contributed by atoms with Gasteiger partial charge in [-0.05, 0) is 19.9 Å². The highest BCUT2D eigenvalue weighted by Crippen LogP contribution is 1.97. The summed E-state index contributed by atoms with van der Waals surface area (Å²) < 4.78 is 0. The molecule has 0 aromatic rings. The molecule has 0 aromatic heterocycles. The number of hydrogen-bond acceptors (Lipinski definition) is 4. The van der Waals surface area contributed by atoms with Crippen LogP contribution in [0.2, 0.25) is 0 Å². The van der Waals surface area contributed by atoms with Crippen LogP contribution in [0.15, 0.2) is 0 Å². The van der Waals surface area contributed by atoms with E-state index in [-0.39, 0.29) is 13.2 Å². The van der Waals surface area contributed by atoms with Crippen molar-refractivity contribution < 1.29 is 15.3 Å². The molecule has 1 atom stereocenters. The van der Waals surface area contributed by atoms with E-state index in [0.29, 0.717) is 19.5 Å². The van der Waals surface area contributed by atoms with Gasteiger partial charge in [0.25, 0.3) is 0 Å². The van der Waals surface area contributed by atoms with Crippen LogP contribution in [0.25, 0.3) is 0 Å². The Labute approximate surface area is 66.9 Å². The standard InChI is InChI=1S/C7H17NO3/c1-7(11,6-10)5-8-3-2-4-9/h8-11H,2-6H2,1H3. The minimum atomic E-state index is -1.05. The summed E-state index contributed by atoms with van der Waals surface area (Å²) in [6.45, 7) is 2.46. The highest BCUT2D eigenvalue weighted by Gasteiger charge is 2.17. The van der Waals surface area contributed by atoms with E-state index in [1.54, 1.807) is 6.92 Å². The Morgan fingerprint density at radius 3 is 2.45 bits per heavy atom. The van der Waals surface area contributed by atoms with Crippen LogP contribution in [0.5, 0.6) is 0 Å². The van der Waals surface area contributed by atoms with Crippen molar-refractivity contribution in [2.24, 2.45) is 0 Å². The summed E-state index contributed by atoms with van der Waals surface area (Å²) in [7, 11) is 0. The lowest BCUT2D eigenvalue weighted by atomic mass is 10.1. The summed E-state index contributed by atoms with van der Waals surface area (Å²) in [6.07, 6.45) is 0.668. The van der Waals surface area contributed by atoms with E-state index in [2.05, 4.69) is 5.32 Å². The normalized spacial score (nSPS) is 16.4. The van der Waals surface area contributed by atoms with Crippen molar-refractivity contribution in [1.82, 2.24) is 5.32 Å². The van der Waals surface area contributed by atoms with Crippen LogP contribution < -0.4 is 5.32 Å². The summed E-state index contributed by atoms with van der Waals surface area (Å²) in [4.78, 5) is 0.